The molecule has 26 heavy (non-hydrogen) atoms. The van der Waals surface area contributed by atoms with E-state index in [9.17, 15) is 4.79 Å². The van der Waals surface area contributed by atoms with Gasteiger partial charge in [0, 0.05) is 6.42 Å². The number of aliphatic hydroxyl groups excluding tert-OH is 4. The smallest absolute Gasteiger partial charge is 0.306 e. The molecule has 8 nitrogen and oxygen atoms in total. The van der Waals surface area contributed by atoms with E-state index in [1.54, 1.807) is 27.7 Å². The first kappa shape index (κ1) is 27.4. The van der Waals surface area contributed by atoms with E-state index in [0.717, 1.165) is 12.8 Å². The minimum atomic E-state index is -0.819. The molecule has 5 unspecified atom stereocenters. The van der Waals surface area contributed by atoms with E-state index in [2.05, 4.69) is 4.74 Å². The minimum Gasteiger partial charge on any atom is -0.462 e. The molecular formula is C18H38O8. The molecule has 0 bridgehead atoms. The van der Waals surface area contributed by atoms with Crippen LogP contribution in [0.25, 0.3) is 0 Å². The number of aliphatic hydroxyl groups is 4. The molecule has 1 aliphatic heterocycles. The summed E-state index contributed by atoms with van der Waals surface area (Å²) in [4.78, 5) is 10.4. The van der Waals surface area contributed by atoms with E-state index in [4.69, 9.17) is 29.9 Å². The highest BCUT2D eigenvalue weighted by molar-refractivity contribution is 5.71. The standard InChI is InChI=1S/2C6H14O3.C6H10O2/c1-5(7)3-9-4-6(2)8;1-3-5(7)9-6(8)4-2;1-2-5-3-4-6(7)8-5/h2*5-8H,3-4H2,1-2H3;5H,2-4H2,1H3. The summed E-state index contributed by atoms with van der Waals surface area (Å²) >= 11 is 0. The van der Waals surface area contributed by atoms with Crippen molar-refractivity contribution in [2.24, 2.45) is 0 Å². The molecule has 1 saturated heterocycles. The number of carbonyl (C=O) groups is 1. The summed E-state index contributed by atoms with van der Waals surface area (Å²) in [7, 11) is 0. The molecule has 0 aromatic heterocycles. The molecule has 0 aliphatic carbocycles. The van der Waals surface area contributed by atoms with Gasteiger partial charge in [-0.25, -0.2) is 0 Å². The second-order valence-corrected chi connectivity index (χ2v) is 6.16. The Hall–Kier alpha value is -0.770. The normalized spacial score (nSPS) is 20.7. The van der Waals surface area contributed by atoms with E-state index in [1.165, 1.54) is 0 Å². The van der Waals surface area contributed by atoms with Gasteiger partial charge in [0.1, 0.15) is 6.10 Å². The zero-order valence-corrected chi connectivity index (χ0v) is 16.8. The minimum absolute atomic E-state index is 0.0307. The SMILES string of the molecule is CC(O)COCC(C)O.CCC(O)OC(O)CC.CCC1CCC(=O)O1. The number of carbonyl (C=O) groups excluding carboxylic acids is 1. The molecule has 4 N–H and O–H groups in total. The number of esters is 1. The highest BCUT2D eigenvalue weighted by Gasteiger charge is 2.20. The summed E-state index contributed by atoms with van der Waals surface area (Å²) in [6, 6.07) is 0. The van der Waals surface area contributed by atoms with Gasteiger partial charge in [0.15, 0.2) is 12.6 Å². The number of hydrogen-bond donors (Lipinski definition) is 4. The third kappa shape index (κ3) is 19.6. The van der Waals surface area contributed by atoms with Crippen LogP contribution in [-0.2, 0) is 19.0 Å². The van der Waals surface area contributed by atoms with Crippen molar-refractivity contribution in [3.63, 3.8) is 0 Å². The Morgan fingerprint density at radius 3 is 1.69 bits per heavy atom. The molecule has 0 radical (unpaired) electrons. The quantitative estimate of drug-likeness (QED) is 0.348. The van der Waals surface area contributed by atoms with Crippen LogP contribution in [0.5, 0.6) is 0 Å². The zero-order chi connectivity index (χ0) is 20.5. The zero-order valence-electron chi connectivity index (χ0n) is 16.8. The van der Waals surface area contributed by atoms with Gasteiger partial charge in [0.25, 0.3) is 0 Å². The monoisotopic (exact) mass is 382 g/mol. The second kappa shape index (κ2) is 17.6. The van der Waals surface area contributed by atoms with E-state index >= 15 is 0 Å². The summed E-state index contributed by atoms with van der Waals surface area (Å²) in [6.07, 6.45) is 1.24. The van der Waals surface area contributed by atoms with Crippen LogP contribution in [0, 0.1) is 0 Å². The average Bonchev–Trinajstić information content (AvgIpc) is 3.00. The van der Waals surface area contributed by atoms with Crippen molar-refractivity contribution in [2.45, 2.75) is 97.6 Å². The Balaban J connectivity index is 0. The maximum Gasteiger partial charge on any atom is 0.306 e. The van der Waals surface area contributed by atoms with Crippen LogP contribution in [-0.4, -0.2) is 70.5 Å². The maximum absolute atomic E-state index is 10.4. The summed E-state index contributed by atoms with van der Waals surface area (Å²) in [5.74, 6) is -0.0307. The van der Waals surface area contributed by atoms with Gasteiger partial charge in [0.2, 0.25) is 0 Å². The topological polar surface area (TPSA) is 126 Å². The highest BCUT2D eigenvalue weighted by atomic mass is 16.7. The fourth-order valence-electron chi connectivity index (χ4n) is 1.65. The van der Waals surface area contributed by atoms with Gasteiger partial charge in [-0.15, -0.1) is 0 Å². The van der Waals surface area contributed by atoms with Crippen LogP contribution in [0.2, 0.25) is 0 Å². The Morgan fingerprint density at radius 1 is 1.00 bits per heavy atom. The third-order valence-electron chi connectivity index (χ3n) is 3.15. The van der Waals surface area contributed by atoms with Gasteiger partial charge in [-0.3, -0.25) is 4.79 Å². The van der Waals surface area contributed by atoms with Gasteiger partial charge in [0.05, 0.1) is 25.4 Å². The van der Waals surface area contributed by atoms with Gasteiger partial charge in [-0.1, -0.05) is 20.8 Å². The number of cyclic esters (lactones) is 1. The molecule has 1 aliphatic rings. The predicted octanol–water partition coefficient (Wildman–Crippen LogP) is 1.33. The lowest BCUT2D eigenvalue weighted by Crippen LogP contribution is -2.19. The second-order valence-electron chi connectivity index (χ2n) is 6.16. The number of hydrogen-bond acceptors (Lipinski definition) is 8. The lowest BCUT2D eigenvalue weighted by molar-refractivity contribution is -0.208. The van der Waals surface area contributed by atoms with Gasteiger partial charge >= 0.3 is 5.97 Å². The van der Waals surface area contributed by atoms with Crippen molar-refractivity contribution in [1.82, 2.24) is 0 Å². The van der Waals surface area contributed by atoms with Crippen LogP contribution in [0.15, 0.2) is 0 Å². The molecule has 0 aromatic carbocycles. The molecule has 1 rings (SSSR count). The summed E-state index contributed by atoms with van der Waals surface area (Å²) < 4.78 is 14.4. The highest BCUT2D eigenvalue weighted by Crippen LogP contribution is 2.15. The van der Waals surface area contributed by atoms with Crippen molar-refractivity contribution < 1.29 is 39.4 Å². The Kier molecular flexibility index (Phi) is 18.6. The maximum atomic E-state index is 10.4. The molecule has 5 atom stereocenters. The summed E-state index contributed by atoms with van der Waals surface area (Å²) in [5.41, 5.74) is 0. The molecular weight excluding hydrogens is 344 g/mol. The Bertz CT molecular complexity index is 306. The molecule has 1 heterocycles. The summed E-state index contributed by atoms with van der Waals surface area (Å²) in [6.45, 7) is 9.48. The molecule has 0 amide bonds. The van der Waals surface area contributed by atoms with Crippen molar-refractivity contribution in [3.05, 3.63) is 0 Å². The molecule has 0 aromatic rings. The lowest BCUT2D eigenvalue weighted by Gasteiger charge is -2.13. The first-order valence-electron chi connectivity index (χ1n) is 9.30. The fourth-order valence-corrected chi connectivity index (χ4v) is 1.65. The lowest BCUT2D eigenvalue weighted by atomic mass is 10.2. The summed E-state index contributed by atoms with van der Waals surface area (Å²) in [5, 5.41) is 34.9. The van der Waals surface area contributed by atoms with Crippen molar-refractivity contribution in [1.29, 1.82) is 0 Å². The Labute approximate surface area is 157 Å². The fraction of sp³-hybridized carbons (Fsp3) is 0.944. The molecule has 1 fully saturated rings. The van der Waals surface area contributed by atoms with Crippen molar-refractivity contribution in [3.8, 4) is 0 Å². The molecule has 0 spiro atoms. The first-order valence-corrected chi connectivity index (χ1v) is 9.30. The average molecular weight is 382 g/mol. The predicted molar refractivity (Wildman–Crippen MR) is 97.3 cm³/mol. The van der Waals surface area contributed by atoms with E-state index in [1.807, 2.05) is 6.92 Å². The molecule has 8 heteroatoms. The van der Waals surface area contributed by atoms with Gasteiger partial charge in [-0.05, 0) is 39.5 Å². The van der Waals surface area contributed by atoms with E-state index in [0.29, 0.717) is 32.5 Å². The van der Waals surface area contributed by atoms with Crippen LogP contribution in [0.3, 0.4) is 0 Å². The van der Waals surface area contributed by atoms with Crippen LogP contribution in [0.4, 0.5) is 0 Å². The van der Waals surface area contributed by atoms with Gasteiger partial charge in [-0.2, -0.15) is 0 Å². The number of ether oxygens (including phenoxy) is 3. The van der Waals surface area contributed by atoms with Crippen molar-refractivity contribution in [2.75, 3.05) is 13.2 Å². The van der Waals surface area contributed by atoms with Crippen molar-refractivity contribution >= 4 is 5.97 Å². The van der Waals surface area contributed by atoms with E-state index in [-0.39, 0.29) is 12.1 Å². The molecule has 0 saturated carbocycles. The third-order valence-corrected chi connectivity index (χ3v) is 3.15. The number of rotatable bonds is 9. The molecule has 158 valence electrons. The van der Waals surface area contributed by atoms with Crippen LogP contribution >= 0.6 is 0 Å². The largest absolute Gasteiger partial charge is 0.462 e. The van der Waals surface area contributed by atoms with Gasteiger partial charge < -0.3 is 34.6 Å². The van der Waals surface area contributed by atoms with Crippen LogP contribution < -0.4 is 0 Å². The van der Waals surface area contributed by atoms with E-state index < -0.39 is 24.8 Å². The Morgan fingerprint density at radius 2 is 1.46 bits per heavy atom. The first-order chi connectivity index (χ1) is 12.2. The van der Waals surface area contributed by atoms with Crippen LogP contribution in [0.1, 0.15) is 66.7 Å².